The van der Waals surface area contributed by atoms with Gasteiger partial charge in [-0.05, 0) is 53.2 Å². The number of aromatic nitrogens is 2. The normalized spacial score (nSPS) is 13.0. The van der Waals surface area contributed by atoms with E-state index in [2.05, 4.69) is 61.7 Å². The largest absolute Gasteiger partial charge is 0.349 e. The molecule has 19 heavy (non-hydrogen) atoms. The Balaban J connectivity index is 2.23. The van der Waals surface area contributed by atoms with Gasteiger partial charge in [-0.3, -0.25) is 0 Å². The molecule has 0 radical (unpaired) electrons. The Morgan fingerprint density at radius 1 is 1.21 bits per heavy atom. The van der Waals surface area contributed by atoms with Crippen LogP contribution in [0.4, 0.5) is 5.95 Å². The van der Waals surface area contributed by atoms with Crippen LogP contribution in [0.2, 0.25) is 0 Å². The van der Waals surface area contributed by atoms with Crippen LogP contribution in [0.15, 0.2) is 12.3 Å². The van der Waals surface area contributed by atoms with E-state index in [-0.39, 0.29) is 6.04 Å². The third kappa shape index (κ3) is 3.00. The zero-order valence-electron chi connectivity index (χ0n) is 12.6. The average molecular weight is 277 g/mol. The summed E-state index contributed by atoms with van der Waals surface area (Å²) in [7, 11) is 0. The van der Waals surface area contributed by atoms with E-state index < -0.39 is 0 Å². The minimum absolute atomic E-state index is 0.282. The molecular weight excluding hydrogens is 254 g/mol. The molecule has 0 saturated carbocycles. The lowest BCUT2D eigenvalue weighted by Gasteiger charge is -2.18. The van der Waals surface area contributed by atoms with Crippen molar-refractivity contribution in [1.82, 2.24) is 9.55 Å². The zero-order valence-corrected chi connectivity index (χ0v) is 13.4. The highest BCUT2D eigenvalue weighted by molar-refractivity contribution is 7.12. The summed E-state index contributed by atoms with van der Waals surface area (Å²) in [6.45, 7) is 12.9. The minimum atomic E-state index is 0.282. The number of hydrogen-bond donors (Lipinski definition) is 1. The Morgan fingerprint density at radius 2 is 1.89 bits per heavy atom. The lowest BCUT2D eigenvalue weighted by molar-refractivity contribution is 0.600. The summed E-state index contributed by atoms with van der Waals surface area (Å²) in [6.07, 6.45) is 2.10. The van der Waals surface area contributed by atoms with Gasteiger partial charge in [-0.2, -0.15) is 0 Å². The summed E-state index contributed by atoms with van der Waals surface area (Å²) in [4.78, 5) is 7.34. The van der Waals surface area contributed by atoms with Crippen molar-refractivity contribution in [2.45, 2.75) is 53.6 Å². The molecule has 1 atom stereocenters. The highest BCUT2D eigenvalue weighted by Gasteiger charge is 2.15. The molecule has 0 bridgehead atoms. The van der Waals surface area contributed by atoms with Crippen LogP contribution < -0.4 is 5.32 Å². The van der Waals surface area contributed by atoms with Crippen molar-refractivity contribution in [3.63, 3.8) is 0 Å². The predicted octanol–water partition coefficient (Wildman–Crippen LogP) is 4.62. The summed E-state index contributed by atoms with van der Waals surface area (Å²) in [5, 5.41) is 3.54. The molecule has 0 spiro atoms. The van der Waals surface area contributed by atoms with Crippen LogP contribution >= 0.6 is 11.3 Å². The molecule has 2 aromatic heterocycles. The fourth-order valence-electron chi connectivity index (χ4n) is 2.37. The standard InChI is InChI=1S/C15H23N3S/c1-9(2)18-8-10(3)16-15(18)17-12(5)14-7-11(4)19-13(14)6/h7-9,12H,1-6H3,(H,16,17). The van der Waals surface area contributed by atoms with Gasteiger partial charge in [-0.15, -0.1) is 11.3 Å². The van der Waals surface area contributed by atoms with Gasteiger partial charge in [0.25, 0.3) is 0 Å². The Hall–Kier alpha value is -1.29. The highest BCUT2D eigenvalue weighted by atomic mass is 32.1. The topological polar surface area (TPSA) is 29.9 Å². The number of anilines is 1. The summed E-state index contributed by atoms with van der Waals surface area (Å²) in [5.74, 6) is 0.961. The molecule has 2 heterocycles. The zero-order chi connectivity index (χ0) is 14.2. The quantitative estimate of drug-likeness (QED) is 0.883. The van der Waals surface area contributed by atoms with Crippen LogP contribution in [0.25, 0.3) is 0 Å². The molecular formula is C15H23N3S. The molecule has 0 saturated heterocycles. The highest BCUT2D eigenvalue weighted by Crippen LogP contribution is 2.29. The predicted molar refractivity (Wildman–Crippen MR) is 83.2 cm³/mol. The van der Waals surface area contributed by atoms with E-state index in [9.17, 15) is 0 Å². The summed E-state index contributed by atoms with van der Waals surface area (Å²) < 4.78 is 2.19. The maximum absolute atomic E-state index is 4.59. The second-order valence-corrected chi connectivity index (χ2v) is 6.90. The van der Waals surface area contributed by atoms with E-state index in [1.165, 1.54) is 15.3 Å². The molecule has 3 nitrogen and oxygen atoms in total. The van der Waals surface area contributed by atoms with Gasteiger partial charge in [0.05, 0.1) is 11.7 Å². The number of nitrogens with one attached hydrogen (secondary N) is 1. The van der Waals surface area contributed by atoms with E-state index in [4.69, 9.17) is 0 Å². The summed E-state index contributed by atoms with van der Waals surface area (Å²) >= 11 is 1.86. The van der Waals surface area contributed by atoms with E-state index in [1.807, 2.05) is 18.3 Å². The Kier molecular flexibility index (Phi) is 3.99. The third-order valence-electron chi connectivity index (χ3n) is 3.30. The van der Waals surface area contributed by atoms with E-state index in [0.717, 1.165) is 11.6 Å². The van der Waals surface area contributed by atoms with E-state index in [1.54, 1.807) is 0 Å². The molecule has 0 aliphatic rings. The van der Waals surface area contributed by atoms with Crippen LogP contribution in [-0.4, -0.2) is 9.55 Å². The van der Waals surface area contributed by atoms with Gasteiger partial charge < -0.3 is 9.88 Å². The minimum Gasteiger partial charge on any atom is -0.349 e. The Morgan fingerprint density at radius 3 is 2.42 bits per heavy atom. The van der Waals surface area contributed by atoms with Crippen LogP contribution in [0.1, 0.15) is 53.9 Å². The average Bonchev–Trinajstić information content (AvgIpc) is 2.81. The summed E-state index contributed by atoms with van der Waals surface area (Å²) in [6, 6.07) is 2.97. The lowest BCUT2D eigenvalue weighted by atomic mass is 10.1. The monoisotopic (exact) mass is 277 g/mol. The van der Waals surface area contributed by atoms with Gasteiger partial charge >= 0.3 is 0 Å². The molecule has 104 valence electrons. The fourth-order valence-corrected chi connectivity index (χ4v) is 3.39. The van der Waals surface area contributed by atoms with Crippen molar-refractivity contribution < 1.29 is 0 Å². The van der Waals surface area contributed by atoms with Crippen LogP contribution in [0, 0.1) is 20.8 Å². The van der Waals surface area contributed by atoms with Crippen LogP contribution in [0.3, 0.4) is 0 Å². The fraction of sp³-hybridized carbons (Fsp3) is 0.533. The molecule has 0 aliphatic heterocycles. The van der Waals surface area contributed by atoms with Crippen molar-refractivity contribution in [2.24, 2.45) is 0 Å². The SMILES string of the molecule is Cc1cn(C(C)C)c(NC(C)c2cc(C)sc2C)n1. The number of hydrogen-bond acceptors (Lipinski definition) is 3. The van der Waals surface area contributed by atoms with Gasteiger partial charge in [0.2, 0.25) is 5.95 Å². The molecule has 2 rings (SSSR count). The molecule has 2 aromatic rings. The van der Waals surface area contributed by atoms with Crippen molar-refractivity contribution in [3.8, 4) is 0 Å². The van der Waals surface area contributed by atoms with Gasteiger partial charge in [-0.1, -0.05) is 0 Å². The number of rotatable bonds is 4. The Bertz CT molecular complexity index is 566. The van der Waals surface area contributed by atoms with Crippen LogP contribution in [-0.2, 0) is 0 Å². The number of aryl methyl sites for hydroxylation is 3. The Labute approximate surface area is 119 Å². The first-order valence-corrected chi connectivity index (χ1v) is 7.59. The second kappa shape index (κ2) is 5.37. The van der Waals surface area contributed by atoms with Gasteiger partial charge in [0.15, 0.2) is 0 Å². The van der Waals surface area contributed by atoms with Crippen molar-refractivity contribution in [3.05, 3.63) is 33.3 Å². The smallest absolute Gasteiger partial charge is 0.203 e. The first-order chi connectivity index (χ1) is 8.88. The van der Waals surface area contributed by atoms with Gasteiger partial charge in [0, 0.05) is 22.0 Å². The number of nitrogens with zero attached hydrogens (tertiary/aromatic N) is 2. The summed E-state index contributed by atoms with van der Waals surface area (Å²) in [5.41, 5.74) is 2.43. The van der Waals surface area contributed by atoms with Crippen molar-refractivity contribution in [2.75, 3.05) is 5.32 Å². The second-order valence-electron chi connectivity index (χ2n) is 5.44. The molecule has 1 unspecified atom stereocenters. The van der Waals surface area contributed by atoms with Gasteiger partial charge in [-0.25, -0.2) is 4.98 Å². The maximum Gasteiger partial charge on any atom is 0.203 e. The maximum atomic E-state index is 4.59. The number of thiophene rings is 1. The molecule has 0 amide bonds. The van der Waals surface area contributed by atoms with Gasteiger partial charge in [0.1, 0.15) is 0 Å². The third-order valence-corrected chi connectivity index (χ3v) is 4.28. The molecule has 0 fully saturated rings. The lowest BCUT2D eigenvalue weighted by Crippen LogP contribution is -2.12. The molecule has 4 heteroatoms. The van der Waals surface area contributed by atoms with E-state index >= 15 is 0 Å². The first kappa shape index (κ1) is 14.1. The van der Waals surface area contributed by atoms with E-state index in [0.29, 0.717) is 6.04 Å². The number of imidazole rings is 1. The van der Waals surface area contributed by atoms with Crippen molar-refractivity contribution >= 4 is 17.3 Å². The molecule has 0 aliphatic carbocycles. The molecule has 1 N–H and O–H groups in total. The first-order valence-electron chi connectivity index (χ1n) is 6.77. The van der Waals surface area contributed by atoms with Crippen LogP contribution in [0.5, 0.6) is 0 Å². The molecule has 0 aromatic carbocycles. The van der Waals surface area contributed by atoms with Crippen molar-refractivity contribution in [1.29, 1.82) is 0 Å².